The van der Waals surface area contributed by atoms with E-state index in [9.17, 15) is 14.0 Å². The molecule has 0 aliphatic carbocycles. The largest absolute Gasteiger partial charge is 0.495 e. The van der Waals surface area contributed by atoms with Crippen LogP contribution in [0.5, 0.6) is 5.75 Å². The highest BCUT2D eigenvalue weighted by atomic mass is 35.5. The van der Waals surface area contributed by atoms with E-state index in [1.165, 1.54) is 25.3 Å². The zero-order valence-corrected chi connectivity index (χ0v) is 18.0. The SMILES string of the molecule is COc1ccc(NC(=O)c2ccc(N(C)C)cc2)cc1NC(=O)c1ccc(Cl)cc1F. The van der Waals surface area contributed by atoms with Gasteiger partial charge in [-0.1, -0.05) is 11.6 Å². The molecule has 2 amide bonds. The molecule has 0 saturated carbocycles. The fourth-order valence-corrected chi connectivity index (χ4v) is 3.02. The third-order valence-corrected chi connectivity index (χ3v) is 4.76. The van der Waals surface area contributed by atoms with Crippen LogP contribution in [-0.4, -0.2) is 33.0 Å². The molecule has 0 saturated heterocycles. The molecule has 8 heteroatoms. The Labute approximate surface area is 184 Å². The molecule has 0 fully saturated rings. The molecule has 160 valence electrons. The zero-order chi connectivity index (χ0) is 22.5. The molecule has 3 aromatic rings. The molecule has 0 heterocycles. The minimum absolute atomic E-state index is 0.165. The van der Waals surface area contributed by atoms with E-state index >= 15 is 0 Å². The number of methoxy groups -OCH3 is 1. The minimum atomic E-state index is -0.741. The monoisotopic (exact) mass is 441 g/mol. The van der Waals surface area contributed by atoms with Crippen molar-refractivity contribution in [3.05, 3.63) is 82.6 Å². The van der Waals surface area contributed by atoms with E-state index in [1.54, 1.807) is 24.3 Å². The van der Waals surface area contributed by atoms with Crippen LogP contribution < -0.4 is 20.3 Å². The van der Waals surface area contributed by atoms with Gasteiger partial charge in [0.15, 0.2) is 0 Å². The highest BCUT2D eigenvalue weighted by molar-refractivity contribution is 6.30. The van der Waals surface area contributed by atoms with Gasteiger partial charge in [0.2, 0.25) is 0 Å². The molecule has 0 aliphatic heterocycles. The molecular weight excluding hydrogens is 421 g/mol. The van der Waals surface area contributed by atoms with E-state index in [2.05, 4.69) is 10.6 Å². The maximum atomic E-state index is 14.1. The number of ether oxygens (including phenoxy) is 1. The first-order chi connectivity index (χ1) is 14.8. The van der Waals surface area contributed by atoms with Crippen LogP contribution in [0.15, 0.2) is 60.7 Å². The Hall–Kier alpha value is -3.58. The summed E-state index contributed by atoms with van der Waals surface area (Å²) in [6.45, 7) is 0. The normalized spacial score (nSPS) is 10.4. The number of rotatable bonds is 6. The van der Waals surface area contributed by atoms with Gasteiger partial charge in [-0.2, -0.15) is 0 Å². The van der Waals surface area contributed by atoms with Crippen molar-refractivity contribution in [1.82, 2.24) is 0 Å². The topological polar surface area (TPSA) is 70.7 Å². The maximum absolute atomic E-state index is 14.1. The summed E-state index contributed by atoms with van der Waals surface area (Å²) in [5.74, 6) is -1.36. The van der Waals surface area contributed by atoms with E-state index in [4.69, 9.17) is 16.3 Å². The van der Waals surface area contributed by atoms with Gasteiger partial charge in [-0.25, -0.2) is 4.39 Å². The first-order valence-corrected chi connectivity index (χ1v) is 9.69. The molecule has 3 aromatic carbocycles. The minimum Gasteiger partial charge on any atom is -0.495 e. The predicted molar refractivity (Wildman–Crippen MR) is 121 cm³/mol. The predicted octanol–water partition coefficient (Wildman–Crippen LogP) is 5.06. The van der Waals surface area contributed by atoms with Crippen molar-refractivity contribution < 1.29 is 18.7 Å². The van der Waals surface area contributed by atoms with Gasteiger partial charge in [0, 0.05) is 36.1 Å². The van der Waals surface area contributed by atoms with Crippen LogP contribution in [0.25, 0.3) is 0 Å². The second-order valence-corrected chi connectivity index (χ2v) is 7.33. The summed E-state index contributed by atoms with van der Waals surface area (Å²) in [5, 5.41) is 5.58. The quantitative estimate of drug-likeness (QED) is 0.561. The smallest absolute Gasteiger partial charge is 0.258 e. The first-order valence-electron chi connectivity index (χ1n) is 9.31. The number of nitrogens with one attached hydrogen (secondary N) is 2. The van der Waals surface area contributed by atoms with Gasteiger partial charge in [-0.15, -0.1) is 0 Å². The van der Waals surface area contributed by atoms with E-state index in [0.717, 1.165) is 11.8 Å². The van der Waals surface area contributed by atoms with Gasteiger partial charge >= 0.3 is 0 Å². The number of nitrogens with zero attached hydrogens (tertiary/aromatic N) is 1. The van der Waals surface area contributed by atoms with Crippen LogP contribution in [0.3, 0.4) is 0 Å². The number of halogens is 2. The van der Waals surface area contributed by atoms with Gasteiger partial charge < -0.3 is 20.3 Å². The summed E-state index contributed by atoms with van der Waals surface area (Å²) in [6.07, 6.45) is 0. The van der Waals surface area contributed by atoms with Gasteiger partial charge in [0.1, 0.15) is 11.6 Å². The molecular formula is C23H21ClFN3O3. The Morgan fingerprint density at radius 3 is 2.26 bits per heavy atom. The lowest BCUT2D eigenvalue weighted by Crippen LogP contribution is -2.16. The number of benzene rings is 3. The zero-order valence-electron chi connectivity index (χ0n) is 17.2. The first kappa shape index (κ1) is 22.1. The summed E-state index contributed by atoms with van der Waals surface area (Å²) in [6, 6.07) is 15.7. The van der Waals surface area contributed by atoms with Crippen LogP contribution in [0.2, 0.25) is 5.02 Å². The van der Waals surface area contributed by atoms with Crippen LogP contribution in [-0.2, 0) is 0 Å². The number of hydrogen-bond donors (Lipinski definition) is 2. The van der Waals surface area contributed by atoms with Crippen LogP contribution in [0, 0.1) is 5.82 Å². The number of anilines is 3. The lowest BCUT2D eigenvalue weighted by molar-refractivity contribution is 0.101. The van der Waals surface area contributed by atoms with Gasteiger partial charge in [0.05, 0.1) is 18.4 Å². The molecule has 0 radical (unpaired) electrons. The molecule has 0 atom stereocenters. The number of hydrogen-bond acceptors (Lipinski definition) is 4. The number of carbonyl (C=O) groups excluding carboxylic acids is 2. The Morgan fingerprint density at radius 2 is 1.65 bits per heavy atom. The summed E-state index contributed by atoms with van der Waals surface area (Å²) >= 11 is 5.74. The van der Waals surface area contributed by atoms with Crippen LogP contribution >= 0.6 is 11.6 Å². The second-order valence-electron chi connectivity index (χ2n) is 6.89. The Kier molecular flexibility index (Phi) is 6.77. The van der Waals surface area contributed by atoms with Crippen molar-refractivity contribution in [2.75, 3.05) is 36.7 Å². The average Bonchev–Trinajstić information content (AvgIpc) is 2.74. The van der Waals surface area contributed by atoms with Crippen molar-refractivity contribution in [3.63, 3.8) is 0 Å². The summed E-state index contributed by atoms with van der Waals surface area (Å²) in [4.78, 5) is 27.0. The third-order valence-electron chi connectivity index (χ3n) is 4.53. The van der Waals surface area contributed by atoms with Crippen molar-refractivity contribution in [3.8, 4) is 5.75 Å². The van der Waals surface area contributed by atoms with E-state index in [1.807, 2.05) is 31.1 Å². The molecule has 0 spiro atoms. The van der Waals surface area contributed by atoms with Crippen molar-refractivity contribution in [2.24, 2.45) is 0 Å². The average molecular weight is 442 g/mol. The molecule has 0 bridgehead atoms. The third kappa shape index (κ3) is 5.32. The van der Waals surface area contributed by atoms with Gasteiger partial charge in [-0.05, 0) is 60.7 Å². The van der Waals surface area contributed by atoms with Crippen LogP contribution in [0.4, 0.5) is 21.5 Å². The fraction of sp³-hybridized carbons (Fsp3) is 0.130. The Balaban J connectivity index is 1.79. The van der Waals surface area contributed by atoms with Gasteiger partial charge in [-0.3, -0.25) is 9.59 Å². The molecule has 3 rings (SSSR count). The molecule has 0 unspecified atom stereocenters. The highest BCUT2D eigenvalue weighted by Crippen LogP contribution is 2.29. The standard InChI is InChI=1S/C23H21ClFN3O3/c1-28(2)17-8-4-14(5-9-17)22(29)26-16-7-11-21(31-3)20(13-16)27-23(30)18-10-6-15(24)12-19(18)25/h4-13H,1-3H3,(H,26,29)(H,27,30). The Morgan fingerprint density at radius 1 is 0.935 bits per heavy atom. The number of amides is 2. The highest BCUT2D eigenvalue weighted by Gasteiger charge is 2.16. The van der Waals surface area contributed by atoms with Crippen molar-refractivity contribution >= 4 is 40.5 Å². The van der Waals surface area contributed by atoms with E-state index in [-0.39, 0.29) is 22.2 Å². The maximum Gasteiger partial charge on any atom is 0.258 e. The van der Waals surface area contributed by atoms with Crippen molar-refractivity contribution in [1.29, 1.82) is 0 Å². The summed E-state index contributed by atoms with van der Waals surface area (Å²) in [5.41, 5.74) is 2.01. The summed E-state index contributed by atoms with van der Waals surface area (Å²) < 4.78 is 19.3. The molecule has 31 heavy (non-hydrogen) atoms. The molecule has 6 nitrogen and oxygen atoms in total. The summed E-state index contributed by atoms with van der Waals surface area (Å²) in [7, 11) is 5.27. The number of carbonyl (C=O) groups is 2. The molecule has 0 aliphatic rings. The van der Waals surface area contributed by atoms with E-state index < -0.39 is 11.7 Å². The van der Waals surface area contributed by atoms with Crippen LogP contribution in [0.1, 0.15) is 20.7 Å². The Bertz CT molecular complexity index is 1120. The lowest BCUT2D eigenvalue weighted by Gasteiger charge is -2.14. The van der Waals surface area contributed by atoms with E-state index in [0.29, 0.717) is 17.0 Å². The molecule has 2 N–H and O–H groups in total. The van der Waals surface area contributed by atoms with Gasteiger partial charge in [0.25, 0.3) is 11.8 Å². The molecule has 0 aromatic heterocycles. The van der Waals surface area contributed by atoms with Crippen molar-refractivity contribution in [2.45, 2.75) is 0 Å². The second kappa shape index (κ2) is 9.49. The fourth-order valence-electron chi connectivity index (χ4n) is 2.86. The lowest BCUT2D eigenvalue weighted by atomic mass is 10.1.